The molecule has 0 amide bonds. The Kier molecular flexibility index (Phi) is 5.89. The fourth-order valence-electron chi connectivity index (χ4n) is 2.63. The number of ether oxygens (including phenoxy) is 2. The lowest BCUT2D eigenvalue weighted by Crippen LogP contribution is -2.23. The second kappa shape index (κ2) is 8.71. The van der Waals surface area contributed by atoms with Gasteiger partial charge in [-0.05, 0) is 37.3 Å². The number of benzene rings is 2. The lowest BCUT2D eigenvalue weighted by atomic mass is 10.2. The number of aromatic nitrogens is 1. The van der Waals surface area contributed by atoms with Crippen molar-refractivity contribution in [3.8, 4) is 17.2 Å². The molecule has 138 valence electrons. The van der Waals surface area contributed by atoms with Crippen molar-refractivity contribution in [3.63, 3.8) is 0 Å². The van der Waals surface area contributed by atoms with Crippen LogP contribution >= 0.6 is 0 Å². The number of carbonyl (C=O) groups is 1. The van der Waals surface area contributed by atoms with Gasteiger partial charge in [0.15, 0.2) is 5.75 Å². The summed E-state index contributed by atoms with van der Waals surface area (Å²) in [5.41, 5.74) is 1.02. The van der Waals surface area contributed by atoms with Crippen LogP contribution in [0.4, 0.5) is 10.6 Å². The van der Waals surface area contributed by atoms with E-state index in [1.807, 2.05) is 61.5 Å². The molecule has 1 heterocycles. The number of hydrogen-bond donors (Lipinski definition) is 1. The summed E-state index contributed by atoms with van der Waals surface area (Å²) in [4.78, 5) is 17.0. The third-order valence-electron chi connectivity index (χ3n) is 3.94. The molecule has 0 unspecified atom stereocenters. The van der Waals surface area contributed by atoms with Gasteiger partial charge in [0, 0.05) is 18.7 Å². The number of nitrogens with zero attached hydrogens (tertiary/aromatic N) is 2. The van der Waals surface area contributed by atoms with Crippen LogP contribution in [0.3, 0.4) is 0 Å². The largest absolute Gasteiger partial charge is 0.511 e. The summed E-state index contributed by atoms with van der Waals surface area (Å²) in [6.45, 7) is 3.36. The van der Waals surface area contributed by atoms with E-state index >= 15 is 0 Å². The Morgan fingerprint density at radius 2 is 1.74 bits per heavy atom. The molecule has 0 bridgehead atoms. The normalized spacial score (nSPS) is 10.3. The standard InChI is InChI=1S/C21H20N2O4/c1-2-23(20-13-12-18(14-22-20)27-21(24)25)15-16-8-6-7-11-19(16)26-17-9-4-3-5-10-17/h3-14H,2,15H2,1H3,(H,24,25). The lowest BCUT2D eigenvalue weighted by Gasteiger charge is -2.23. The molecule has 6 nitrogen and oxygen atoms in total. The van der Waals surface area contributed by atoms with Crippen molar-refractivity contribution < 1.29 is 19.4 Å². The molecule has 1 aromatic heterocycles. The molecule has 0 radical (unpaired) electrons. The van der Waals surface area contributed by atoms with Crippen LogP contribution in [0, 0.1) is 0 Å². The third-order valence-corrected chi connectivity index (χ3v) is 3.94. The molecular formula is C21H20N2O4. The van der Waals surface area contributed by atoms with Crippen molar-refractivity contribution in [2.24, 2.45) is 0 Å². The van der Waals surface area contributed by atoms with Gasteiger partial charge in [-0.1, -0.05) is 36.4 Å². The number of pyridine rings is 1. The highest BCUT2D eigenvalue weighted by atomic mass is 16.7. The van der Waals surface area contributed by atoms with Crippen LogP contribution in [0.15, 0.2) is 72.9 Å². The molecule has 1 N–H and O–H groups in total. The Balaban J connectivity index is 1.77. The molecule has 0 fully saturated rings. The Morgan fingerprint density at radius 1 is 1.00 bits per heavy atom. The van der Waals surface area contributed by atoms with E-state index in [1.54, 1.807) is 12.1 Å². The number of hydrogen-bond acceptors (Lipinski definition) is 5. The van der Waals surface area contributed by atoms with E-state index in [9.17, 15) is 4.79 Å². The van der Waals surface area contributed by atoms with E-state index in [0.29, 0.717) is 6.54 Å². The molecule has 0 aliphatic carbocycles. The highest BCUT2D eigenvalue weighted by Crippen LogP contribution is 2.27. The highest BCUT2D eigenvalue weighted by Gasteiger charge is 2.12. The number of para-hydroxylation sites is 2. The van der Waals surface area contributed by atoms with Gasteiger partial charge in [0.2, 0.25) is 0 Å². The van der Waals surface area contributed by atoms with E-state index < -0.39 is 6.16 Å². The third kappa shape index (κ3) is 4.98. The topological polar surface area (TPSA) is 71.9 Å². The first-order valence-corrected chi connectivity index (χ1v) is 8.58. The predicted octanol–water partition coefficient (Wildman–Crippen LogP) is 4.96. The van der Waals surface area contributed by atoms with Crippen molar-refractivity contribution in [3.05, 3.63) is 78.5 Å². The maximum atomic E-state index is 10.6. The summed E-state index contributed by atoms with van der Waals surface area (Å²) < 4.78 is 10.6. The summed E-state index contributed by atoms with van der Waals surface area (Å²) >= 11 is 0. The molecule has 3 aromatic rings. The molecule has 3 rings (SSSR count). The molecule has 0 saturated heterocycles. The van der Waals surface area contributed by atoms with Gasteiger partial charge in [0.1, 0.15) is 17.3 Å². The van der Waals surface area contributed by atoms with Gasteiger partial charge in [0.05, 0.1) is 6.20 Å². The molecule has 0 saturated carbocycles. The molecule has 0 aliphatic rings. The fourth-order valence-corrected chi connectivity index (χ4v) is 2.63. The second-order valence-corrected chi connectivity index (χ2v) is 5.76. The quantitative estimate of drug-likeness (QED) is 0.598. The Morgan fingerprint density at radius 3 is 2.41 bits per heavy atom. The maximum absolute atomic E-state index is 10.6. The molecular weight excluding hydrogens is 344 g/mol. The van der Waals surface area contributed by atoms with E-state index in [1.165, 1.54) is 6.20 Å². The summed E-state index contributed by atoms with van der Waals surface area (Å²) in [6, 6.07) is 20.8. The van der Waals surface area contributed by atoms with Crippen molar-refractivity contribution >= 4 is 12.0 Å². The van der Waals surface area contributed by atoms with E-state index in [0.717, 1.165) is 29.4 Å². The van der Waals surface area contributed by atoms with Gasteiger partial charge in [-0.2, -0.15) is 0 Å². The summed E-state index contributed by atoms with van der Waals surface area (Å²) in [6.07, 6.45) is 0.0438. The van der Waals surface area contributed by atoms with Gasteiger partial charge in [0.25, 0.3) is 0 Å². The van der Waals surface area contributed by atoms with E-state index in [-0.39, 0.29) is 5.75 Å². The van der Waals surface area contributed by atoms with Gasteiger partial charge in [-0.15, -0.1) is 0 Å². The zero-order chi connectivity index (χ0) is 19.1. The summed E-state index contributed by atoms with van der Waals surface area (Å²) in [7, 11) is 0. The van der Waals surface area contributed by atoms with Crippen LogP contribution in [0.25, 0.3) is 0 Å². The molecule has 0 spiro atoms. The molecule has 0 atom stereocenters. The number of anilines is 1. The monoisotopic (exact) mass is 364 g/mol. The first kappa shape index (κ1) is 18.3. The van der Waals surface area contributed by atoms with Gasteiger partial charge in [-0.25, -0.2) is 9.78 Å². The average molecular weight is 364 g/mol. The van der Waals surface area contributed by atoms with Crippen LogP contribution < -0.4 is 14.4 Å². The Hall–Kier alpha value is -3.54. The predicted molar refractivity (Wildman–Crippen MR) is 103 cm³/mol. The molecule has 0 aliphatic heterocycles. The first-order valence-electron chi connectivity index (χ1n) is 8.58. The van der Waals surface area contributed by atoms with Crippen LogP contribution in [0.2, 0.25) is 0 Å². The average Bonchev–Trinajstić information content (AvgIpc) is 2.68. The molecule has 2 aromatic carbocycles. The molecule has 27 heavy (non-hydrogen) atoms. The van der Waals surface area contributed by atoms with Gasteiger partial charge >= 0.3 is 6.16 Å². The minimum absolute atomic E-state index is 0.190. The summed E-state index contributed by atoms with van der Waals surface area (Å²) in [5.74, 6) is 2.48. The second-order valence-electron chi connectivity index (χ2n) is 5.76. The zero-order valence-corrected chi connectivity index (χ0v) is 14.9. The van der Waals surface area contributed by atoms with Crippen molar-refractivity contribution in [2.75, 3.05) is 11.4 Å². The van der Waals surface area contributed by atoms with E-state index in [4.69, 9.17) is 9.84 Å². The van der Waals surface area contributed by atoms with Crippen molar-refractivity contribution in [2.45, 2.75) is 13.5 Å². The Bertz CT molecular complexity index is 882. The Labute approximate surface area is 157 Å². The number of rotatable bonds is 7. The molecule has 6 heteroatoms. The minimum Gasteiger partial charge on any atom is -0.457 e. The zero-order valence-electron chi connectivity index (χ0n) is 14.9. The van der Waals surface area contributed by atoms with Crippen molar-refractivity contribution in [1.29, 1.82) is 0 Å². The first-order chi connectivity index (χ1) is 13.2. The fraction of sp³-hybridized carbons (Fsp3) is 0.143. The van der Waals surface area contributed by atoms with Crippen LogP contribution in [-0.4, -0.2) is 22.8 Å². The van der Waals surface area contributed by atoms with Crippen LogP contribution in [0.5, 0.6) is 17.2 Å². The lowest BCUT2D eigenvalue weighted by molar-refractivity contribution is 0.144. The van der Waals surface area contributed by atoms with Crippen LogP contribution in [-0.2, 0) is 6.54 Å². The van der Waals surface area contributed by atoms with Gasteiger partial charge < -0.3 is 19.5 Å². The van der Waals surface area contributed by atoms with Crippen molar-refractivity contribution in [1.82, 2.24) is 4.98 Å². The summed E-state index contributed by atoms with van der Waals surface area (Å²) in [5, 5.41) is 8.66. The van der Waals surface area contributed by atoms with E-state index in [2.05, 4.69) is 14.6 Å². The smallest absolute Gasteiger partial charge is 0.457 e. The minimum atomic E-state index is -1.36. The maximum Gasteiger partial charge on any atom is 0.511 e. The SMILES string of the molecule is CCN(Cc1ccccc1Oc1ccccc1)c1ccc(OC(=O)O)cn1. The van der Waals surface area contributed by atoms with Gasteiger partial charge in [-0.3, -0.25) is 0 Å². The van der Waals surface area contributed by atoms with Crippen LogP contribution in [0.1, 0.15) is 12.5 Å². The number of carboxylic acid groups (broad SMARTS) is 1. The highest BCUT2D eigenvalue weighted by molar-refractivity contribution is 5.61.